The van der Waals surface area contributed by atoms with E-state index in [1.54, 1.807) is 18.1 Å². The Morgan fingerprint density at radius 3 is 1.33 bits per heavy atom. The van der Waals surface area contributed by atoms with E-state index in [1.165, 1.54) is 57.1 Å². The van der Waals surface area contributed by atoms with Gasteiger partial charge >= 0.3 is 0 Å². The van der Waals surface area contributed by atoms with Crippen LogP contribution < -0.4 is 0 Å². The summed E-state index contributed by atoms with van der Waals surface area (Å²) in [6.45, 7) is 9.40. The molecule has 0 atom stereocenters. The van der Waals surface area contributed by atoms with Crippen molar-refractivity contribution >= 4 is 18.4 Å². The summed E-state index contributed by atoms with van der Waals surface area (Å²) in [5, 5.41) is 0. The van der Waals surface area contributed by atoms with E-state index in [0.29, 0.717) is 0 Å². The fourth-order valence-corrected chi connectivity index (χ4v) is 11.9. The van der Waals surface area contributed by atoms with Gasteiger partial charge in [0.05, 0.1) is 0 Å². The lowest BCUT2D eigenvalue weighted by molar-refractivity contribution is 0.806. The Labute approximate surface area is 121 Å². The second-order valence-corrected chi connectivity index (χ2v) is 13.7. The second kappa shape index (κ2) is 12.6. The van der Waals surface area contributed by atoms with Gasteiger partial charge in [-0.3, -0.25) is 0 Å². The summed E-state index contributed by atoms with van der Waals surface area (Å²) in [6, 6.07) is 4.79. The lowest BCUT2D eigenvalue weighted by Gasteiger charge is -2.31. The number of unbranched alkanes of at least 4 members (excludes halogenated alkanes) is 4. The van der Waals surface area contributed by atoms with E-state index < -0.39 is 7.22 Å². The first-order valence-electron chi connectivity index (χ1n) is 8.38. The minimum atomic E-state index is -0.979. The summed E-state index contributed by atoms with van der Waals surface area (Å²) in [7, 11) is -0.979. The molecule has 0 nitrogen and oxygen atoms in total. The third-order valence-electron chi connectivity index (χ3n) is 3.86. The average molecular weight is 289 g/mol. The Morgan fingerprint density at radius 2 is 1.00 bits per heavy atom. The van der Waals surface area contributed by atoms with Crippen LogP contribution in [0.4, 0.5) is 0 Å². The van der Waals surface area contributed by atoms with Crippen LogP contribution in [0.25, 0.3) is 0 Å². The molecule has 0 bridgehead atoms. The Morgan fingerprint density at radius 1 is 0.611 bits per heavy atom. The van der Waals surface area contributed by atoms with E-state index in [4.69, 9.17) is 0 Å². The quantitative estimate of drug-likeness (QED) is 0.263. The molecule has 0 heterocycles. The molecular formula is C16H36SSi. The largest absolute Gasteiger partial charge is 0.185 e. The molecule has 0 N–H and O–H groups in total. The molecule has 0 rings (SSSR count). The van der Waals surface area contributed by atoms with Crippen molar-refractivity contribution in [3.8, 4) is 0 Å². The Kier molecular flexibility index (Phi) is 13.0. The van der Waals surface area contributed by atoms with Gasteiger partial charge < -0.3 is 0 Å². The molecule has 0 aliphatic carbocycles. The van der Waals surface area contributed by atoms with Gasteiger partial charge in [-0.05, 0) is 30.3 Å². The molecule has 0 aromatic carbocycles. The van der Waals surface area contributed by atoms with Crippen molar-refractivity contribution in [1.29, 1.82) is 0 Å². The van der Waals surface area contributed by atoms with Crippen LogP contribution in [0.3, 0.4) is 0 Å². The molecule has 0 spiro atoms. The monoisotopic (exact) mass is 288 g/mol. The molecule has 0 fully saturated rings. The number of hydrogen-bond acceptors (Lipinski definition) is 1. The zero-order chi connectivity index (χ0) is 13.7. The molecule has 0 aliphatic rings. The normalized spacial score (nSPS) is 12.0. The highest BCUT2D eigenvalue weighted by molar-refractivity contribution is 8.28. The third kappa shape index (κ3) is 8.63. The molecule has 0 amide bonds. The van der Waals surface area contributed by atoms with Crippen LogP contribution in [0, 0.1) is 0 Å². The molecular weight excluding hydrogens is 252 g/mol. The van der Waals surface area contributed by atoms with E-state index in [0.717, 1.165) is 0 Å². The molecule has 0 aromatic rings. The van der Waals surface area contributed by atoms with Crippen molar-refractivity contribution in [2.75, 3.05) is 5.75 Å². The lowest BCUT2D eigenvalue weighted by Crippen LogP contribution is -2.30. The molecule has 18 heavy (non-hydrogen) atoms. The van der Waals surface area contributed by atoms with Crippen molar-refractivity contribution in [1.82, 2.24) is 0 Å². The average Bonchev–Trinajstić information content (AvgIpc) is 2.40. The van der Waals surface area contributed by atoms with Crippen molar-refractivity contribution < 1.29 is 0 Å². The highest BCUT2D eigenvalue weighted by atomic mass is 32.4. The van der Waals surface area contributed by atoms with Crippen molar-refractivity contribution in [3.05, 3.63) is 0 Å². The van der Waals surface area contributed by atoms with Gasteiger partial charge in [0.15, 0.2) is 0 Å². The fourth-order valence-electron chi connectivity index (χ4n) is 2.52. The SMILES string of the molecule is CCCCS[Si](CCCC)(CCCC)CCCC. The van der Waals surface area contributed by atoms with Crippen molar-refractivity contribution in [2.45, 2.75) is 97.2 Å². The van der Waals surface area contributed by atoms with E-state index in [9.17, 15) is 0 Å². The van der Waals surface area contributed by atoms with Gasteiger partial charge in [0.1, 0.15) is 7.22 Å². The maximum atomic E-state index is 2.45. The maximum absolute atomic E-state index is 2.45. The smallest absolute Gasteiger partial charge is 0.117 e. The number of rotatable bonds is 13. The van der Waals surface area contributed by atoms with E-state index in [2.05, 4.69) is 38.9 Å². The molecule has 0 aromatic heterocycles. The van der Waals surface area contributed by atoms with Gasteiger partial charge in [-0.15, -0.1) is 0 Å². The van der Waals surface area contributed by atoms with Crippen LogP contribution in [0.5, 0.6) is 0 Å². The summed E-state index contributed by atoms with van der Waals surface area (Å²) < 4.78 is 0. The molecule has 0 aliphatic heterocycles. The van der Waals surface area contributed by atoms with Crippen LogP contribution in [-0.2, 0) is 0 Å². The summed E-state index contributed by atoms with van der Waals surface area (Å²) in [5.41, 5.74) is 0. The molecule has 0 unspecified atom stereocenters. The number of hydrogen-bond donors (Lipinski definition) is 0. The van der Waals surface area contributed by atoms with Crippen LogP contribution in [0.1, 0.15) is 79.1 Å². The summed E-state index contributed by atoms with van der Waals surface area (Å²) in [4.78, 5) is 0. The fraction of sp³-hybridized carbons (Fsp3) is 1.00. The van der Waals surface area contributed by atoms with E-state index in [-0.39, 0.29) is 0 Å². The zero-order valence-electron chi connectivity index (χ0n) is 13.4. The summed E-state index contributed by atoms with van der Waals surface area (Å²) >= 11 is 2.45. The van der Waals surface area contributed by atoms with Crippen LogP contribution in [0.15, 0.2) is 0 Å². The van der Waals surface area contributed by atoms with E-state index >= 15 is 0 Å². The Balaban J connectivity index is 4.41. The molecule has 110 valence electrons. The minimum Gasteiger partial charge on any atom is -0.185 e. The van der Waals surface area contributed by atoms with E-state index in [1.807, 2.05) is 0 Å². The molecule has 2 heteroatoms. The molecule has 0 saturated carbocycles. The van der Waals surface area contributed by atoms with Crippen LogP contribution in [0.2, 0.25) is 18.1 Å². The molecule has 0 radical (unpaired) electrons. The Hall–Kier alpha value is 0.567. The first kappa shape index (κ1) is 18.6. The van der Waals surface area contributed by atoms with Crippen molar-refractivity contribution in [3.63, 3.8) is 0 Å². The standard InChI is InChI=1S/C16H36SSi/c1-5-9-13-17-18(14-10-6-2,15-11-7-3)16-12-8-4/h5-16H2,1-4H3. The Bertz CT molecular complexity index is 149. The first-order valence-corrected chi connectivity index (χ1v) is 12.7. The van der Waals surface area contributed by atoms with Gasteiger partial charge in [0.2, 0.25) is 0 Å². The molecule has 0 saturated heterocycles. The van der Waals surface area contributed by atoms with Gasteiger partial charge in [0.25, 0.3) is 0 Å². The zero-order valence-corrected chi connectivity index (χ0v) is 15.2. The highest BCUT2D eigenvalue weighted by Crippen LogP contribution is 2.38. The minimum absolute atomic E-state index is 0.979. The van der Waals surface area contributed by atoms with Crippen LogP contribution >= 0.6 is 11.2 Å². The summed E-state index contributed by atoms with van der Waals surface area (Å²) in [5.74, 6) is 1.44. The second-order valence-electron chi connectivity index (χ2n) is 5.70. The first-order chi connectivity index (χ1) is 8.74. The van der Waals surface area contributed by atoms with Gasteiger partial charge in [-0.2, -0.15) is 11.2 Å². The predicted molar refractivity (Wildman–Crippen MR) is 92.3 cm³/mol. The summed E-state index contributed by atoms with van der Waals surface area (Å²) in [6.07, 6.45) is 11.4. The maximum Gasteiger partial charge on any atom is 0.117 e. The van der Waals surface area contributed by atoms with Gasteiger partial charge in [0, 0.05) is 0 Å². The third-order valence-corrected chi connectivity index (χ3v) is 13.1. The highest BCUT2D eigenvalue weighted by Gasteiger charge is 2.31. The van der Waals surface area contributed by atoms with Gasteiger partial charge in [-0.25, -0.2) is 0 Å². The topological polar surface area (TPSA) is 0 Å². The predicted octanol–water partition coefficient (Wildman–Crippen LogP) is 6.87. The van der Waals surface area contributed by atoms with Crippen molar-refractivity contribution in [2.24, 2.45) is 0 Å². The van der Waals surface area contributed by atoms with Crippen LogP contribution in [-0.4, -0.2) is 13.0 Å². The lowest BCUT2D eigenvalue weighted by atomic mass is 10.4. The van der Waals surface area contributed by atoms with Gasteiger partial charge in [-0.1, -0.05) is 72.6 Å².